The van der Waals surface area contributed by atoms with E-state index in [0.717, 1.165) is 13.2 Å². The molecule has 0 fully saturated rings. The van der Waals surface area contributed by atoms with Crippen LogP contribution in [0, 0.1) is 17.0 Å². The number of rotatable bonds is 4. The normalized spacial score (nSPS) is 11.3. The van der Waals surface area contributed by atoms with E-state index in [1.807, 2.05) is 0 Å². The van der Waals surface area contributed by atoms with Gasteiger partial charge in [0, 0.05) is 13.1 Å². The second-order valence-corrected chi connectivity index (χ2v) is 6.93. The van der Waals surface area contributed by atoms with E-state index in [0.29, 0.717) is 9.87 Å². The van der Waals surface area contributed by atoms with Gasteiger partial charge in [0.2, 0.25) is 21.7 Å². The number of hydrogen-bond acceptors (Lipinski definition) is 7. The Labute approximate surface area is 138 Å². The standard InChI is InChI=1S/C14H15N3O6S/c1-8-5-6-15-10-7-11(16(9(2)18)24(4,21)22)14(23-3)13(12(8)10)17(19)20/h5-7H,1-4H3. The first-order valence-electron chi connectivity index (χ1n) is 6.71. The van der Waals surface area contributed by atoms with Crippen molar-refractivity contribution in [2.45, 2.75) is 13.8 Å². The van der Waals surface area contributed by atoms with E-state index >= 15 is 0 Å². The number of ether oxygens (including phenoxy) is 1. The molecule has 0 unspecified atom stereocenters. The number of aromatic nitrogens is 1. The van der Waals surface area contributed by atoms with E-state index < -0.39 is 26.5 Å². The molecular weight excluding hydrogens is 338 g/mol. The fourth-order valence-corrected chi connectivity index (χ4v) is 3.49. The molecule has 128 valence electrons. The van der Waals surface area contributed by atoms with Crippen molar-refractivity contribution in [3.63, 3.8) is 0 Å². The minimum Gasteiger partial charge on any atom is -0.489 e. The summed E-state index contributed by atoms with van der Waals surface area (Å²) in [6, 6.07) is 2.88. The van der Waals surface area contributed by atoms with Crippen LogP contribution < -0.4 is 9.04 Å². The van der Waals surface area contributed by atoms with Gasteiger partial charge in [0.25, 0.3) is 0 Å². The molecule has 0 saturated heterocycles. The SMILES string of the molecule is COc1c(N(C(C)=O)S(C)(=O)=O)cc2nccc(C)c2c1[N+](=O)[O-]. The van der Waals surface area contributed by atoms with Crippen LogP contribution in [0.4, 0.5) is 11.4 Å². The number of nitro benzene ring substituents is 1. The van der Waals surface area contributed by atoms with Crippen LogP contribution in [0.25, 0.3) is 10.9 Å². The Bertz CT molecular complexity index is 955. The Kier molecular flexibility index (Phi) is 4.43. The number of amides is 1. The second-order valence-electron chi connectivity index (χ2n) is 5.10. The van der Waals surface area contributed by atoms with Crippen LogP contribution in [-0.4, -0.2) is 37.6 Å². The first-order valence-corrected chi connectivity index (χ1v) is 8.56. The molecule has 1 amide bonds. The number of pyridine rings is 1. The summed E-state index contributed by atoms with van der Waals surface area (Å²) >= 11 is 0. The van der Waals surface area contributed by atoms with Crippen molar-refractivity contribution in [1.82, 2.24) is 4.98 Å². The Morgan fingerprint density at radius 2 is 2.04 bits per heavy atom. The summed E-state index contributed by atoms with van der Waals surface area (Å²) in [5.41, 5.74) is 0.0768. The molecule has 0 aliphatic carbocycles. The Morgan fingerprint density at radius 1 is 1.42 bits per heavy atom. The van der Waals surface area contributed by atoms with Gasteiger partial charge in [0.1, 0.15) is 5.69 Å². The summed E-state index contributed by atoms with van der Waals surface area (Å²) in [6.07, 6.45) is 2.27. The molecule has 2 aromatic rings. The van der Waals surface area contributed by atoms with Crippen LogP contribution in [0.15, 0.2) is 18.3 Å². The number of hydrogen-bond donors (Lipinski definition) is 0. The van der Waals surface area contributed by atoms with E-state index in [9.17, 15) is 23.3 Å². The van der Waals surface area contributed by atoms with Crippen molar-refractivity contribution in [2.75, 3.05) is 17.7 Å². The summed E-state index contributed by atoms with van der Waals surface area (Å²) in [4.78, 5) is 26.8. The van der Waals surface area contributed by atoms with Crippen molar-refractivity contribution in [3.05, 3.63) is 34.0 Å². The van der Waals surface area contributed by atoms with E-state index in [2.05, 4.69) is 4.98 Å². The third-order valence-electron chi connectivity index (χ3n) is 3.37. The number of carbonyl (C=O) groups excluding carboxylic acids is 1. The number of benzene rings is 1. The maximum atomic E-state index is 12.0. The van der Waals surface area contributed by atoms with Gasteiger partial charge in [0.15, 0.2) is 0 Å². The summed E-state index contributed by atoms with van der Waals surface area (Å²) < 4.78 is 29.5. The molecule has 1 heterocycles. The number of sulfonamides is 1. The Morgan fingerprint density at radius 3 is 2.50 bits per heavy atom. The van der Waals surface area contributed by atoms with Gasteiger partial charge in [-0.3, -0.25) is 19.9 Å². The molecule has 0 N–H and O–H groups in total. The molecule has 0 atom stereocenters. The molecule has 0 spiro atoms. The Balaban J connectivity index is 3.05. The van der Waals surface area contributed by atoms with Crippen molar-refractivity contribution in [2.24, 2.45) is 0 Å². The number of anilines is 1. The molecule has 0 aliphatic heterocycles. The molecular formula is C14H15N3O6S. The number of methoxy groups -OCH3 is 1. The van der Waals surface area contributed by atoms with Crippen LogP contribution in [0.2, 0.25) is 0 Å². The lowest BCUT2D eigenvalue weighted by molar-refractivity contribution is -0.383. The van der Waals surface area contributed by atoms with Gasteiger partial charge in [-0.2, -0.15) is 0 Å². The lowest BCUT2D eigenvalue weighted by atomic mass is 10.1. The van der Waals surface area contributed by atoms with Crippen LogP contribution in [-0.2, 0) is 14.8 Å². The van der Waals surface area contributed by atoms with E-state index in [1.165, 1.54) is 19.4 Å². The predicted octanol–water partition coefficient (Wildman–Crippen LogP) is 1.77. The molecule has 24 heavy (non-hydrogen) atoms. The quantitative estimate of drug-likeness (QED) is 0.607. The lowest BCUT2D eigenvalue weighted by Crippen LogP contribution is -2.34. The molecule has 0 radical (unpaired) electrons. The Hall–Kier alpha value is -2.75. The minimum absolute atomic E-state index is 0.187. The molecule has 10 heteroatoms. The van der Waals surface area contributed by atoms with Crippen molar-refractivity contribution in [1.29, 1.82) is 0 Å². The maximum Gasteiger partial charge on any atom is 0.322 e. The van der Waals surface area contributed by atoms with E-state index in [1.54, 1.807) is 13.0 Å². The smallest absolute Gasteiger partial charge is 0.322 e. The zero-order chi connectivity index (χ0) is 18.2. The highest BCUT2D eigenvalue weighted by molar-refractivity contribution is 7.92. The van der Waals surface area contributed by atoms with Gasteiger partial charge in [-0.25, -0.2) is 12.7 Å². The van der Waals surface area contributed by atoms with Crippen LogP contribution in [0.5, 0.6) is 5.75 Å². The average Bonchev–Trinajstić information content (AvgIpc) is 2.44. The molecule has 1 aromatic heterocycles. The molecule has 0 aliphatic rings. The van der Waals surface area contributed by atoms with Gasteiger partial charge in [-0.1, -0.05) is 0 Å². The number of nitrogens with zero attached hydrogens (tertiary/aromatic N) is 3. The summed E-state index contributed by atoms with van der Waals surface area (Å²) in [7, 11) is -2.85. The summed E-state index contributed by atoms with van der Waals surface area (Å²) in [6.45, 7) is 2.70. The van der Waals surface area contributed by atoms with E-state index in [-0.39, 0.29) is 22.3 Å². The third kappa shape index (κ3) is 2.87. The van der Waals surface area contributed by atoms with Crippen molar-refractivity contribution < 1.29 is 22.9 Å². The van der Waals surface area contributed by atoms with Gasteiger partial charge in [-0.15, -0.1) is 0 Å². The highest BCUT2D eigenvalue weighted by atomic mass is 32.2. The zero-order valence-corrected chi connectivity index (χ0v) is 14.2. The number of aryl methyl sites for hydroxylation is 1. The van der Waals surface area contributed by atoms with Gasteiger partial charge in [0.05, 0.1) is 29.2 Å². The zero-order valence-electron chi connectivity index (χ0n) is 13.4. The maximum absolute atomic E-state index is 12.0. The predicted molar refractivity (Wildman–Crippen MR) is 87.7 cm³/mol. The van der Waals surface area contributed by atoms with Gasteiger partial charge >= 0.3 is 5.69 Å². The summed E-state index contributed by atoms with van der Waals surface area (Å²) in [5.74, 6) is -1.14. The van der Waals surface area contributed by atoms with Gasteiger partial charge in [-0.05, 0) is 24.6 Å². The number of nitro groups is 1. The molecule has 2 rings (SSSR count). The molecule has 0 bridgehead atoms. The largest absolute Gasteiger partial charge is 0.489 e. The number of carbonyl (C=O) groups is 1. The van der Waals surface area contributed by atoms with Crippen molar-refractivity contribution >= 4 is 38.2 Å². The average molecular weight is 353 g/mol. The highest BCUT2D eigenvalue weighted by Crippen LogP contribution is 2.44. The first-order chi connectivity index (χ1) is 11.1. The van der Waals surface area contributed by atoms with Crippen LogP contribution >= 0.6 is 0 Å². The fraction of sp³-hybridized carbons (Fsp3) is 0.286. The second kappa shape index (κ2) is 6.04. The fourth-order valence-electron chi connectivity index (χ4n) is 2.53. The highest BCUT2D eigenvalue weighted by Gasteiger charge is 2.33. The number of fused-ring (bicyclic) bond motifs is 1. The topological polar surface area (TPSA) is 120 Å². The lowest BCUT2D eigenvalue weighted by Gasteiger charge is -2.21. The third-order valence-corrected chi connectivity index (χ3v) is 4.49. The first kappa shape index (κ1) is 17.6. The van der Waals surface area contributed by atoms with Gasteiger partial charge < -0.3 is 4.74 Å². The molecule has 1 aromatic carbocycles. The van der Waals surface area contributed by atoms with Crippen LogP contribution in [0.3, 0.4) is 0 Å². The molecule has 9 nitrogen and oxygen atoms in total. The van der Waals surface area contributed by atoms with E-state index in [4.69, 9.17) is 4.74 Å². The van der Waals surface area contributed by atoms with Crippen molar-refractivity contribution in [3.8, 4) is 5.75 Å². The van der Waals surface area contributed by atoms with Crippen LogP contribution in [0.1, 0.15) is 12.5 Å². The minimum atomic E-state index is -4.02. The molecule has 0 saturated carbocycles. The summed E-state index contributed by atoms with van der Waals surface area (Å²) in [5, 5.41) is 11.8. The monoisotopic (exact) mass is 353 g/mol.